The van der Waals surface area contributed by atoms with Crippen LogP contribution in [0.5, 0.6) is 0 Å². The summed E-state index contributed by atoms with van der Waals surface area (Å²) in [7, 11) is 0. The highest BCUT2D eigenvalue weighted by atomic mass is 16.7. The van der Waals surface area contributed by atoms with Crippen molar-refractivity contribution in [2.75, 3.05) is 0 Å². The van der Waals surface area contributed by atoms with Crippen molar-refractivity contribution in [3.05, 3.63) is 40.3 Å². The van der Waals surface area contributed by atoms with E-state index >= 15 is 0 Å². The van der Waals surface area contributed by atoms with Crippen LogP contribution in [0.1, 0.15) is 11.1 Å². The molecule has 0 fully saturated rings. The summed E-state index contributed by atoms with van der Waals surface area (Å²) >= 11 is 0. The van der Waals surface area contributed by atoms with Crippen LogP contribution in [0.25, 0.3) is 0 Å². The second-order valence-electron chi connectivity index (χ2n) is 2.98. The molecule has 3 nitrogen and oxygen atoms in total. The van der Waals surface area contributed by atoms with E-state index in [2.05, 4.69) is 22.3 Å². The molecule has 0 aromatic heterocycles. The Kier molecular flexibility index (Phi) is 1.78. The molecule has 0 spiro atoms. The van der Waals surface area contributed by atoms with E-state index < -0.39 is 0 Å². The van der Waals surface area contributed by atoms with Gasteiger partial charge in [-0.15, -0.1) is 4.91 Å². The highest BCUT2D eigenvalue weighted by molar-refractivity contribution is 5.32. The zero-order valence-electron chi connectivity index (χ0n) is 6.56. The lowest BCUT2D eigenvalue weighted by atomic mass is 10.1. The summed E-state index contributed by atoms with van der Waals surface area (Å²) in [6, 6.07) is 8.11. The lowest BCUT2D eigenvalue weighted by molar-refractivity contribution is 0.0631. The second-order valence-corrected chi connectivity index (χ2v) is 2.98. The zero-order chi connectivity index (χ0) is 8.39. The maximum absolute atomic E-state index is 9.84. The van der Waals surface area contributed by atoms with Crippen molar-refractivity contribution in [3.63, 3.8) is 0 Å². The summed E-state index contributed by atoms with van der Waals surface area (Å²) in [4.78, 5) is 14.5. The minimum absolute atomic E-state index is 0.0418. The lowest BCUT2D eigenvalue weighted by Crippen LogP contribution is -2.07. The largest absolute Gasteiger partial charge is 0.360 e. The van der Waals surface area contributed by atoms with Gasteiger partial charge in [-0.25, -0.2) is 0 Å². The van der Waals surface area contributed by atoms with Crippen LogP contribution in [-0.4, -0.2) is 6.10 Å². The average Bonchev–Trinajstić information content (AvgIpc) is 2.47. The van der Waals surface area contributed by atoms with Crippen LogP contribution in [0.2, 0.25) is 0 Å². The van der Waals surface area contributed by atoms with E-state index in [0.29, 0.717) is 0 Å². The molecule has 0 saturated heterocycles. The summed E-state index contributed by atoms with van der Waals surface area (Å²) in [5.41, 5.74) is 2.54. The van der Waals surface area contributed by atoms with Crippen LogP contribution in [0.15, 0.2) is 29.6 Å². The third-order valence-corrected chi connectivity index (χ3v) is 2.21. The first-order valence-corrected chi connectivity index (χ1v) is 3.95. The van der Waals surface area contributed by atoms with Crippen LogP contribution < -0.4 is 0 Å². The van der Waals surface area contributed by atoms with Gasteiger partial charge < -0.3 is 4.84 Å². The van der Waals surface area contributed by atoms with Crippen LogP contribution in [0, 0.1) is 4.91 Å². The van der Waals surface area contributed by atoms with Crippen molar-refractivity contribution in [3.8, 4) is 0 Å². The van der Waals surface area contributed by atoms with Crippen LogP contribution in [0.3, 0.4) is 0 Å². The van der Waals surface area contributed by atoms with Gasteiger partial charge in [0.15, 0.2) is 5.34 Å². The molecule has 0 bridgehead atoms. The quantitative estimate of drug-likeness (QED) is 0.493. The Morgan fingerprint density at radius 2 is 1.83 bits per heavy atom. The van der Waals surface area contributed by atoms with Crippen LogP contribution >= 0.6 is 0 Å². The normalized spacial score (nSPS) is 15.7. The summed E-state index contributed by atoms with van der Waals surface area (Å²) < 4.78 is 0. The number of hydrogen-bond acceptors (Lipinski definition) is 3. The van der Waals surface area contributed by atoms with Crippen molar-refractivity contribution < 1.29 is 4.84 Å². The molecule has 0 unspecified atom stereocenters. The SMILES string of the molecule is O=NOC1Cc2ccccc2C1. The van der Waals surface area contributed by atoms with Gasteiger partial charge in [0, 0.05) is 12.8 Å². The zero-order valence-corrected chi connectivity index (χ0v) is 6.56. The molecule has 0 heterocycles. The van der Waals surface area contributed by atoms with Crippen LogP contribution in [0.4, 0.5) is 0 Å². The average molecular weight is 163 g/mol. The van der Waals surface area contributed by atoms with Gasteiger partial charge in [0.1, 0.15) is 6.10 Å². The number of rotatable bonds is 2. The minimum atomic E-state index is -0.0418. The second kappa shape index (κ2) is 2.93. The third-order valence-electron chi connectivity index (χ3n) is 2.21. The molecular formula is C9H9NO2. The standard InChI is InChI=1S/C9H9NO2/c11-10-12-9-5-7-3-1-2-4-8(7)6-9/h1-4,9H,5-6H2. The molecule has 3 heteroatoms. The predicted molar refractivity (Wildman–Crippen MR) is 44.5 cm³/mol. The summed E-state index contributed by atoms with van der Waals surface area (Å²) in [5.74, 6) is 0. The fourth-order valence-electron chi connectivity index (χ4n) is 1.65. The van der Waals surface area contributed by atoms with Gasteiger partial charge >= 0.3 is 0 Å². The van der Waals surface area contributed by atoms with E-state index in [1.807, 2.05) is 12.1 Å². The molecule has 1 aromatic rings. The molecule has 1 aromatic carbocycles. The van der Waals surface area contributed by atoms with Gasteiger partial charge in [-0.05, 0) is 11.1 Å². The first-order chi connectivity index (χ1) is 5.90. The Hall–Kier alpha value is -1.38. The molecule has 0 N–H and O–H groups in total. The molecule has 2 rings (SSSR count). The highest BCUT2D eigenvalue weighted by Crippen LogP contribution is 2.23. The predicted octanol–water partition coefficient (Wildman–Crippen LogP) is 1.85. The third kappa shape index (κ3) is 1.18. The van der Waals surface area contributed by atoms with Gasteiger partial charge in [0.25, 0.3) is 0 Å². The van der Waals surface area contributed by atoms with Crippen molar-refractivity contribution >= 4 is 0 Å². The smallest absolute Gasteiger partial charge is 0.155 e. The molecule has 0 saturated carbocycles. The number of benzene rings is 1. The molecule has 0 amide bonds. The first kappa shape index (κ1) is 7.28. The van der Waals surface area contributed by atoms with E-state index in [1.54, 1.807) is 0 Å². The molecule has 0 atom stereocenters. The van der Waals surface area contributed by atoms with Crippen LogP contribution in [-0.2, 0) is 17.7 Å². The number of fused-ring (bicyclic) bond motifs is 1. The van der Waals surface area contributed by atoms with Gasteiger partial charge in [-0.3, -0.25) is 0 Å². The van der Waals surface area contributed by atoms with Crippen molar-refractivity contribution in [1.82, 2.24) is 0 Å². The lowest BCUT2D eigenvalue weighted by Gasteiger charge is -2.00. The fraction of sp³-hybridized carbons (Fsp3) is 0.333. The van der Waals surface area contributed by atoms with Gasteiger partial charge in [0.2, 0.25) is 0 Å². The van der Waals surface area contributed by atoms with Crippen molar-refractivity contribution in [2.24, 2.45) is 5.34 Å². The maximum atomic E-state index is 9.84. The van der Waals surface area contributed by atoms with Crippen molar-refractivity contribution in [2.45, 2.75) is 18.9 Å². The Morgan fingerprint density at radius 3 is 2.33 bits per heavy atom. The molecule has 0 radical (unpaired) electrons. The number of nitrogens with zero attached hydrogens (tertiary/aromatic N) is 1. The Balaban J connectivity index is 2.16. The van der Waals surface area contributed by atoms with Gasteiger partial charge in [-0.1, -0.05) is 24.3 Å². The molecular weight excluding hydrogens is 154 g/mol. The Morgan fingerprint density at radius 1 is 1.25 bits per heavy atom. The van der Waals surface area contributed by atoms with Gasteiger partial charge in [0.05, 0.1) is 0 Å². The molecule has 1 aliphatic rings. The van der Waals surface area contributed by atoms with E-state index in [4.69, 9.17) is 0 Å². The monoisotopic (exact) mass is 163 g/mol. The van der Waals surface area contributed by atoms with E-state index in [1.165, 1.54) is 11.1 Å². The summed E-state index contributed by atoms with van der Waals surface area (Å²) in [6.07, 6.45) is 1.57. The molecule has 1 aliphatic carbocycles. The number of hydrogen-bond donors (Lipinski definition) is 0. The van der Waals surface area contributed by atoms with E-state index in [9.17, 15) is 4.91 Å². The molecule has 0 aliphatic heterocycles. The summed E-state index contributed by atoms with van der Waals surface area (Å²) in [6.45, 7) is 0. The Bertz CT molecular complexity index is 273. The van der Waals surface area contributed by atoms with Gasteiger partial charge in [-0.2, -0.15) is 0 Å². The topological polar surface area (TPSA) is 38.7 Å². The van der Waals surface area contributed by atoms with E-state index in [0.717, 1.165) is 12.8 Å². The fourth-order valence-corrected chi connectivity index (χ4v) is 1.65. The van der Waals surface area contributed by atoms with Crippen molar-refractivity contribution in [1.29, 1.82) is 0 Å². The highest BCUT2D eigenvalue weighted by Gasteiger charge is 2.22. The molecule has 12 heavy (non-hydrogen) atoms. The first-order valence-electron chi connectivity index (χ1n) is 3.95. The Labute approximate surface area is 70.3 Å². The molecule has 62 valence electrons. The maximum Gasteiger partial charge on any atom is 0.155 e. The minimum Gasteiger partial charge on any atom is -0.360 e. The van der Waals surface area contributed by atoms with E-state index in [-0.39, 0.29) is 6.10 Å². The summed E-state index contributed by atoms with van der Waals surface area (Å²) in [5, 5.41) is 2.45.